The maximum atomic E-state index is 10.8. The lowest BCUT2D eigenvalue weighted by atomic mass is 9.98. The van der Waals surface area contributed by atoms with Crippen LogP contribution in [-0.2, 0) is 11.8 Å². The van der Waals surface area contributed by atoms with Crippen molar-refractivity contribution in [3.05, 3.63) is 24.2 Å². The van der Waals surface area contributed by atoms with Crippen LogP contribution in [0.1, 0.15) is 24.8 Å². The molecule has 2 aromatic heterocycles. The molecule has 0 bridgehead atoms. The maximum Gasteiger partial charge on any atom is 0.303 e. The third-order valence-corrected chi connectivity index (χ3v) is 3.11. The lowest BCUT2D eigenvalue weighted by molar-refractivity contribution is -0.137. The number of rotatable bonds is 4. The fourth-order valence-electron chi connectivity index (χ4n) is 2.27. The van der Waals surface area contributed by atoms with Crippen LogP contribution in [0.2, 0.25) is 0 Å². The number of hydrogen-bond donors (Lipinski definition) is 1. The zero-order valence-electron chi connectivity index (χ0n) is 10.7. The highest BCUT2D eigenvalue weighted by atomic mass is 16.5. The molecule has 0 saturated carbocycles. The molecule has 0 aliphatic carbocycles. The number of aromatic nitrogens is 2. The summed E-state index contributed by atoms with van der Waals surface area (Å²) in [7, 11) is 3.52. The first-order valence-electron chi connectivity index (χ1n) is 5.73. The standard InChI is InChI=1S/C13H16N2O3/c1-8(4-12(16)17)10-7-15(2)13-9(10)5-14-6-11(13)18-3/h5-8H,4H2,1-3H3,(H,16,17). The van der Waals surface area contributed by atoms with E-state index in [4.69, 9.17) is 9.84 Å². The zero-order chi connectivity index (χ0) is 13.3. The molecule has 1 N–H and O–H groups in total. The Balaban J connectivity index is 2.56. The predicted molar refractivity (Wildman–Crippen MR) is 67.9 cm³/mol. The van der Waals surface area contributed by atoms with Gasteiger partial charge in [0.1, 0.15) is 0 Å². The van der Waals surface area contributed by atoms with Crippen molar-refractivity contribution in [3.63, 3.8) is 0 Å². The van der Waals surface area contributed by atoms with Gasteiger partial charge < -0.3 is 14.4 Å². The largest absolute Gasteiger partial charge is 0.493 e. The van der Waals surface area contributed by atoms with Crippen LogP contribution in [0, 0.1) is 0 Å². The van der Waals surface area contributed by atoms with Gasteiger partial charge in [-0.1, -0.05) is 6.92 Å². The first-order chi connectivity index (χ1) is 8.54. The Hall–Kier alpha value is -2.04. The van der Waals surface area contributed by atoms with Crippen LogP contribution in [-0.4, -0.2) is 27.7 Å². The topological polar surface area (TPSA) is 64.3 Å². The molecule has 5 heteroatoms. The molecule has 2 heterocycles. The third-order valence-electron chi connectivity index (χ3n) is 3.11. The number of nitrogens with zero attached hydrogens (tertiary/aromatic N) is 2. The lowest BCUT2D eigenvalue weighted by Gasteiger charge is -2.07. The first kappa shape index (κ1) is 12.4. The van der Waals surface area contributed by atoms with Gasteiger partial charge >= 0.3 is 5.97 Å². The second-order valence-corrected chi connectivity index (χ2v) is 4.43. The summed E-state index contributed by atoms with van der Waals surface area (Å²) in [4.78, 5) is 14.9. The van der Waals surface area contributed by atoms with E-state index in [1.165, 1.54) is 0 Å². The van der Waals surface area contributed by atoms with Crippen LogP contribution >= 0.6 is 0 Å². The number of carboxylic acid groups (broad SMARTS) is 1. The Bertz CT molecular complexity index is 589. The molecule has 0 aliphatic heterocycles. The molecule has 1 atom stereocenters. The predicted octanol–water partition coefficient (Wildman–Crippen LogP) is 2.16. The van der Waals surface area contributed by atoms with Crippen molar-refractivity contribution in [2.24, 2.45) is 7.05 Å². The highest BCUT2D eigenvalue weighted by molar-refractivity contribution is 5.89. The SMILES string of the molecule is COc1cncc2c(C(C)CC(=O)O)cn(C)c12. The van der Waals surface area contributed by atoms with Crippen molar-refractivity contribution in [2.45, 2.75) is 19.3 Å². The Labute approximate surface area is 105 Å². The summed E-state index contributed by atoms with van der Waals surface area (Å²) >= 11 is 0. The number of aliphatic carboxylic acids is 1. The molecule has 5 nitrogen and oxygen atoms in total. The monoisotopic (exact) mass is 248 g/mol. The van der Waals surface area contributed by atoms with Gasteiger partial charge in [0.2, 0.25) is 0 Å². The quantitative estimate of drug-likeness (QED) is 0.900. The number of pyridine rings is 1. The molecular formula is C13H16N2O3. The van der Waals surface area contributed by atoms with Crippen LogP contribution in [0.5, 0.6) is 5.75 Å². The van der Waals surface area contributed by atoms with Crippen molar-refractivity contribution in [1.29, 1.82) is 0 Å². The fraction of sp³-hybridized carbons (Fsp3) is 0.385. The third kappa shape index (κ3) is 2.03. The summed E-state index contributed by atoms with van der Waals surface area (Å²) in [6.07, 6.45) is 5.47. The van der Waals surface area contributed by atoms with Crippen LogP contribution in [0.15, 0.2) is 18.6 Å². The molecule has 2 rings (SSSR count). The molecule has 0 amide bonds. The minimum absolute atomic E-state index is 0.0555. The Morgan fingerprint density at radius 1 is 1.56 bits per heavy atom. The van der Waals surface area contributed by atoms with E-state index in [1.54, 1.807) is 19.5 Å². The lowest BCUT2D eigenvalue weighted by Crippen LogP contribution is -2.02. The number of ether oxygens (including phenoxy) is 1. The number of methoxy groups -OCH3 is 1. The summed E-state index contributed by atoms with van der Waals surface area (Å²) in [5, 5.41) is 9.83. The number of carboxylic acids is 1. The van der Waals surface area contributed by atoms with E-state index in [9.17, 15) is 4.79 Å². The summed E-state index contributed by atoms with van der Waals surface area (Å²) in [5.74, 6) is -0.153. The second kappa shape index (κ2) is 4.68. The average molecular weight is 248 g/mol. The van der Waals surface area contributed by atoms with Gasteiger partial charge in [-0.25, -0.2) is 0 Å². The molecule has 0 spiro atoms. The van der Waals surface area contributed by atoms with Crippen LogP contribution in [0.25, 0.3) is 10.9 Å². The molecule has 18 heavy (non-hydrogen) atoms. The Morgan fingerprint density at radius 2 is 2.28 bits per heavy atom. The summed E-state index contributed by atoms with van der Waals surface area (Å²) in [5.41, 5.74) is 1.93. The molecule has 96 valence electrons. The van der Waals surface area contributed by atoms with E-state index < -0.39 is 5.97 Å². The van der Waals surface area contributed by atoms with Crippen molar-refractivity contribution in [3.8, 4) is 5.75 Å². The zero-order valence-corrected chi connectivity index (χ0v) is 10.7. The van der Waals surface area contributed by atoms with E-state index in [2.05, 4.69) is 4.98 Å². The van der Waals surface area contributed by atoms with E-state index in [0.717, 1.165) is 16.5 Å². The molecule has 0 fully saturated rings. The second-order valence-electron chi connectivity index (χ2n) is 4.43. The van der Waals surface area contributed by atoms with Gasteiger partial charge in [0.05, 0.1) is 25.2 Å². The summed E-state index contributed by atoms with van der Waals surface area (Å²) < 4.78 is 7.23. The van der Waals surface area contributed by atoms with Crippen LogP contribution in [0.3, 0.4) is 0 Å². The van der Waals surface area contributed by atoms with Gasteiger partial charge in [-0.15, -0.1) is 0 Å². The molecular weight excluding hydrogens is 232 g/mol. The highest BCUT2D eigenvalue weighted by Gasteiger charge is 2.18. The van der Waals surface area contributed by atoms with Crippen molar-refractivity contribution < 1.29 is 14.6 Å². The number of aryl methyl sites for hydroxylation is 1. The number of hydrogen-bond acceptors (Lipinski definition) is 3. The minimum Gasteiger partial charge on any atom is -0.493 e. The van der Waals surface area contributed by atoms with Gasteiger partial charge in [0, 0.05) is 24.8 Å². The fourth-order valence-corrected chi connectivity index (χ4v) is 2.27. The van der Waals surface area contributed by atoms with E-state index >= 15 is 0 Å². The van der Waals surface area contributed by atoms with Gasteiger partial charge in [-0.3, -0.25) is 9.78 Å². The number of carbonyl (C=O) groups is 1. The maximum absolute atomic E-state index is 10.8. The van der Waals surface area contributed by atoms with Crippen LogP contribution < -0.4 is 4.74 Å². The van der Waals surface area contributed by atoms with Gasteiger partial charge in [-0.05, 0) is 11.5 Å². The smallest absolute Gasteiger partial charge is 0.303 e. The van der Waals surface area contributed by atoms with Crippen LogP contribution in [0.4, 0.5) is 0 Å². The average Bonchev–Trinajstić information content (AvgIpc) is 2.66. The normalized spacial score (nSPS) is 12.6. The Morgan fingerprint density at radius 3 is 2.89 bits per heavy atom. The number of fused-ring (bicyclic) bond motifs is 1. The molecule has 2 aromatic rings. The van der Waals surface area contributed by atoms with Crippen molar-refractivity contribution in [1.82, 2.24) is 9.55 Å². The van der Waals surface area contributed by atoms with E-state index in [0.29, 0.717) is 5.75 Å². The van der Waals surface area contributed by atoms with Crippen molar-refractivity contribution in [2.75, 3.05) is 7.11 Å². The van der Waals surface area contributed by atoms with Gasteiger partial charge in [0.25, 0.3) is 0 Å². The minimum atomic E-state index is -0.796. The summed E-state index contributed by atoms with van der Waals surface area (Å²) in [6.45, 7) is 1.91. The van der Waals surface area contributed by atoms with Gasteiger partial charge in [0.15, 0.2) is 5.75 Å². The summed E-state index contributed by atoms with van der Waals surface area (Å²) in [6, 6.07) is 0. The first-order valence-corrected chi connectivity index (χ1v) is 5.73. The van der Waals surface area contributed by atoms with Gasteiger partial charge in [-0.2, -0.15) is 0 Å². The molecule has 1 unspecified atom stereocenters. The Kier molecular flexibility index (Phi) is 3.23. The van der Waals surface area contributed by atoms with E-state index in [1.807, 2.05) is 24.7 Å². The molecule has 0 aromatic carbocycles. The molecule has 0 saturated heterocycles. The highest BCUT2D eigenvalue weighted by Crippen LogP contribution is 2.33. The van der Waals surface area contributed by atoms with Crippen molar-refractivity contribution >= 4 is 16.9 Å². The van der Waals surface area contributed by atoms with E-state index in [-0.39, 0.29) is 12.3 Å². The molecule has 0 aliphatic rings. The molecule has 0 radical (unpaired) electrons.